The van der Waals surface area contributed by atoms with Gasteiger partial charge in [-0.3, -0.25) is 0 Å². The molecule has 20 heavy (non-hydrogen) atoms. The molecule has 0 heterocycles. The number of hydrogen-bond donors (Lipinski definition) is 2. The SMILES string of the molecule is CCCOc1ccccc1OCC(C)(CO)NC(C)C. The van der Waals surface area contributed by atoms with Crippen molar-refractivity contribution in [2.24, 2.45) is 0 Å². The highest BCUT2D eigenvalue weighted by molar-refractivity contribution is 5.39. The lowest BCUT2D eigenvalue weighted by atomic mass is 10.0. The summed E-state index contributed by atoms with van der Waals surface area (Å²) in [5.41, 5.74) is -0.466. The van der Waals surface area contributed by atoms with Crippen LogP contribution in [0.25, 0.3) is 0 Å². The molecule has 0 aliphatic carbocycles. The van der Waals surface area contributed by atoms with E-state index in [0.29, 0.717) is 19.0 Å². The molecule has 0 aliphatic heterocycles. The number of para-hydroxylation sites is 2. The van der Waals surface area contributed by atoms with Crippen LogP contribution in [0.15, 0.2) is 24.3 Å². The molecule has 0 fully saturated rings. The quantitative estimate of drug-likeness (QED) is 0.730. The Morgan fingerprint density at radius 2 is 1.80 bits per heavy atom. The third-order valence-electron chi connectivity index (χ3n) is 2.84. The van der Waals surface area contributed by atoms with Gasteiger partial charge in [-0.15, -0.1) is 0 Å². The Morgan fingerprint density at radius 1 is 1.20 bits per heavy atom. The number of nitrogens with one attached hydrogen (secondary N) is 1. The Bertz CT molecular complexity index is 395. The molecular weight excluding hydrogens is 254 g/mol. The second-order valence-corrected chi connectivity index (χ2v) is 5.60. The van der Waals surface area contributed by atoms with Crippen LogP contribution < -0.4 is 14.8 Å². The molecule has 2 N–H and O–H groups in total. The molecular formula is C16H27NO3. The second kappa shape index (κ2) is 8.12. The van der Waals surface area contributed by atoms with Crippen LogP contribution in [0, 0.1) is 0 Å². The molecule has 1 rings (SSSR count). The van der Waals surface area contributed by atoms with Gasteiger partial charge in [0.05, 0.1) is 18.8 Å². The van der Waals surface area contributed by atoms with Crippen LogP contribution in [-0.4, -0.2) is 36.5 Å². The molecule has 1 unspecified atom stereocenters. The zero-order valence-corrected chi connectivity index (χ0v) is 13.0. The lowest BCUT2D eigenvalue weighted by Gasteiger charge is -2.31. The first-order valence-corrected chi connectivity index (χ1v) is 7.24. The summed E-state index contributed by atoms with van der Waals surface area (Å²) < 4.78 is 11.5. The van der Waals surface area contributed by atoms with Crippen LogP contribution in [0.2, 0.25) is 0 Å². The van der Waals surface area contributed by atoms with Crippen molar-refractivity contribution in [2.45, 2.75) is 45.7 Å². The van der Waals surface area contributed by atoms with Gasteiger partial charge in [0.25, 0.3) is 0 Å². The predicted molar refractivity (Wildman–Crippen MR) is 81.5 cm³/mol. The summed E-state index contributed by atoms with van der Waals surface area (Å²) in [5.74, 6) is 1.46. The van der Waals surface area contributed by atoms with Crippen LogP contribution in [0.5, 0.6) is 11.5 Å². The van der Waals surface area contributed by atoms with Crippen molar-refractivity contribution in [3.05, 3.63) is 24.3 Å². The number of benzene rings is 1. The lowest BCUT2D eigenvalue weighted by molar-refractivity contribution is 0.106. The van der Waals surface area contributed by atoms with E-state index in [1.54, 1.807) is 0 Å². The minimum Gasteiger partial charge on any atom is -0.490 e. The maximum Gasteiger partial charge on any atom is 0.161 e. The fourth-order valence-electron chi connectivity index (χ4n) is 1.97. The molecule has 4 nitrogen and oxygen atoms in total. The lowest BCUT2D eigenvalue weighted by Crippen LogP contribution is -2.53. The topological polar surface area (TPSA) is 50.7 Å². The number of aliphatic hydroxyl groups is 1. The van der Waals surface area contributed by atoms with Crippen LogP contribution in [0.1, 0.15) is 34.1 Å². The normalized spacial score (nSPS) is 14.1. The van der Waals surface area contributed by atoms with Crippen LogP contribution >= 0.6 is 0 Å². The minimum atomic E-state index is -0.466. The zero-order valence-electron chi connectivity index (χ0n) is 13.0. The van der Waals surface area contributed by atoms with Gasteiger partial charge >= 0.3 is 0 Å². The van der Waals surface area contributed by atoms with Crippen LogP contribution in [0.4, 0.5) is 0 Å². The maximum absolute atomic E-state index is 9.55. The van der Waals surface area contributed by atoms with E-state index in [4.69, 9.17) is 9.47 Å². The standard InChI is InChI=1S/C16H27NO3/c1-5-10-19-14-8-6-7-9-15(14)20-12-16(4,11-18)17-13(2)3/h6-9,13,17-18H,5,10-12H2,1-4H3. The van der Waals surface area contributed by atoms with Gasteiger partial charge in [-0.1, -0.05) is 32.9 Å². The summed E-state index contributed by atoms with van der Waals surface area (Å²) in [5, 5.41) is 12.9. The Morgan fingerprint density at radius 3 is 2.30 bits per heavy atom. The van der Waals surface area contributed by atoms with E-state index >= 15 is 0 Å². The Labute approximate surface area is 122 Å². The molecule has 0 saturated carbocycles. The van der Waals surface area contributed by atoms with Crippen molar-refractivity contribution in [3.63, 3.8) is 0 Å². The molecule has 0 aromatic heterocycles. The summed E-state index contributed by atoms with van der Waals surface area (Å²) in [7, 11) is 0. The van der Waals surface area contributed by atoms with E-state index < -0.39 is 5.54 Å². The highest BCUT2D eigenvalue weighted by atomic mass is 16.5. The Kier molecular flexibility index (Phi) is 6.82. The third-order valence-corrected chi connectivity index (χ3v) is 2.84. The highest BCUT2D eigenvalue weighted by Gasteiger charge is 2.25. The van der Waals surface area contributed by atoms with Crippen molar-refractivity contribution in [1.82, 2.24) is 5.32 Å². The van der Waals surface area contributed by atoms with E-state index in [1.165, 1.54) is 0 Å². The van der Waals surface area contributed by atoms with Crippen molar-refractivity contribution in [3.8, 4) is 11.5 Å². The van der Waals surface area contributed by atoms with Gasteiger partial charge < -0.3 is 19.9 Å². The molecule has 1 atom stereocenters. The second-order valence-electron chi connectivity index (χ2n) is 5.60. The molecule has 0 aliphatic rings. The first-order valence-electron chi connectivity index (χ1n) is 7.24. The first kappa shape index (κ1) is 16.8. The molecule has 0 amide bonds. The average molecular weight is 281 g/mol. The van der Waals surface area contributed by atoms with Gasteiger partial charge in [0.15, 0.2) is 11.5 Å². The Hall–Kier alpha value is -1.26. The smallest absolute Gasteiger partial charge is 0.161 e. The predicted octanol–water partition coefficient (Wildman–Crippen LogP) is 2.60. The molecule has 114 valence electrons. The van der Waals surface area contributed by atoms with E-state index in [0.717, 1.165) is 12.2 Å². The van der Waals surface area contributed by atoms with E-state index in [1.807, 2.05) is 45.0 Å². The van der Waals surface area contributed by atoms with Crippen LogP contribution in [-0.2, 0) is 0 Å². The average Bonchev–Trinajstić information content (AvgIpc) is 2.43. The maximum atomic E-state index is 9.55. The van der Waals surface area contributed by atoms with Gasteiger partial charge in [-0.2, -0.15) is 0 Å². The number of aliphatic hydroxyl groups excluding tert-OH is 1. The molecule has 1 aromatic carbocycles. The minimum absolute atomic E-state index is 0.0170. The summed E-state index contributed by atoms with van der Waals surface area (Å²) in [6.07, 6.45) is 0.956. The number of hydrogen-bond acceptors (Lipinski definition) is 4. The summed E-state index contributed by atoms with van der Waals surface area (Å²) >= 11 is 0. The molecule has 1 aromatic rings. The first-order chi connectivity index (χ1) is 9.50. The highest BCUT2D eigenvalue weighted by Crippen LogP contribution is 2.27. The van der Waals surface area contributed by atoms with Crippen LogP contribution in [0.3, 0.4) is 0 Å². The van der Waals surface area contributed by atoms with Gasteiger partial charge in [-0.25, -0.2) is 0 Å². The van der Waals surface area contributed by atoms with Gasteiger partial charge in [0.1, 0.15) is 6.61 Å². The summed E-state index contributed by atoms with van der Waals surface area (Å²) in [6.45, 7) is 9.18. The zero-order chi connectivity index (χ0) is 15.0. The largest absolute Gasteiger partial charge is 0.490 e. The fourth-order valence-corrected chi connectivity index (χ4v) is 1.97. The number of ether oxygens (including phenoxy) is 2. The third kappa shape index (κ3) is 5.39. The van der Waals surface area contributed by atoms with E-state index in [2.05, 4.69) is 12.2 Å². The van der Waals surface area contributed by atoms with Crippen molar-refractivity contribution in [1.29, 1.82) is 0 Å². The molecule has 0 saturated heterocycles. The molecule has 0 radical (unpaired) electrons. The summed E-state index contributed by atoms with van der Waals surface area (Å²) in [4.78, 5) is 0. The van der Waals surface area contributed by atoms with Crippen molar-refractivity contribution >= 4 is 0 Å². The van der Waals surface area contributed by atoms with Gasteiger partial charge in [-0.05, 0) is 25.5 Å². The van der Waals surface area contributed by atoms with E-state index in [-0.39, 0.29) is 12.6 Å². The van der Waals surface area contributed by atoms with Crippen molar-refractivity contribution in [2.75, 3.05) is 19.8 Å². The molecule has 0 spiro atoms. The molecule has 0 bridgehead atoms. The monoisotopic (exact) mass is 281 g/mol. The fraction of sp³-hybridized carbons (Fsp3) is 0.625. The Balaban J connectivity index is 2.68. The van der Waals surface area contributed by atoms with E-state index in [9.17, 15) is 5.11 Å². The summed E-state index contributed by atoms with van der Waals surface area (Å²) in [6, 6.07) is 7.91. The molecule has 4 heteroatoms. The number of rotatable bonds is 9. The van der Waals surface area contributed by atoms with Gasteiger partial charge in [0.2, 0.25) is 0 Å². The van der Waals surface area contributed by atoms with Gasteiger partial charge in [0, 0.05) is 6.04 Å². The van der Waals surface area contributed by atoms with Crippen molar-refractivity contribution < 1.29 is 14.6 Å².